The van der Waals surface area contributed by atoms with E-state index in [2.05, 4.69) is 35.3 Å². The van der Waals surface area contributed by atoms with Crippen LogP contribution >= 0.6 is 11.3 Å². The first-order valence-electron chi connectivity index (χ1n) is 7.00. The van der Waals surface area contributed by atoms with E-state index in [0.29, 0.717) is 0 Å². The van der Waals surface area contributed by atoms with Crippen LogP contribution in [0.5, 0.6) is 0 Å². The Morgan fingerprint density at radius 2 is 1.95 bits per heavy atom. The summed E-state index contributed by atoms with van der Waals surface area (Å²) in [6, 6.07) is 11.0. The zero-order valence-electron chi connectivity index (χ0n) is 11.1. The zero-order chi connectivity index (χ0) is 13.1. The second kappa shape index (κ2) is 5.43. The summed E-state index contributed by atoms with van der Waals surface area (Å²) in [5, 5.41) is 0. The Morgan fingerprint density at radius 1 is 1.21 bits per heavy atom. The number of nitrogens with zero attached hydrogens (tertiary/aromatic N) is 1. The predicted octanol–water partition coefficient (Wildman–Crippen LogP) is 3.52. The maximum Gasteiger partial charge on any atom is 0.0794 e. The molecular formula is C16H20N2S. The van der Waals surface area contributed by atoms with Crippen LogP contribution in [0.25, 0.3) is 0 Å². The van der Waals surface area contributed by atoms with Gasteiger partial charge in [0.15, 0.2) is 0 Å². The van der Waals surface area contributed by atoms with Crippen LogP contribution < -0.4 is 5.73 Å². The molecule has 1 aromatic carbocycles. The number of hydrogen-bond donors (Lipinski definition) is 1. The van der Waals surface area contributed by atoms with Gasteiger partial charge in [0, 0.05) is 22.5 Å². The summed E-state index contributed by atoms with van der Waals surface area (Å²) < 4.78 is 0. The molecule has 3 rings (SSSR count). The van der Waals surface area contributed by atoms with E-state index in [1.807, 2.05) is 11.7 Å². The zero-order valence-corrected chi connectivity index (χ0v) is 11.9. The van der Waals surface area contributed by atoms with Gasteiger partial charge < -0.3 is 5.73 Å². The molecule has 0 amide bonds. The number of hydrogen-bond acceptors (Lipinski definition) is 3. The van der Waals surface area contributed by atoms with Gasteiger partial charge in [-0.3, -0.25) is 4.98 Å². The summed E-state index contributed by atoms with van der Waals surface area (Å²) in [5.74, 6) is 0. The van der Waals surface area contributed by atoms with Crippen LogP contribution in [0, 0.1) is 0 Å². The largest absolute Gasteiger partial charge is 0.327 e. The van der Waals surface area contributed by atoms with Crippen LogP contribution in [-0.2, 0) is 11.8 Å². The Hall–Kier alpha value is -1.19. The highest BCUT2D eigenvalue weighted by molar-refractivity contribution is 7.09. The molecule has 1 heterocycles. The monoisotopic (exact) mass is 272 g/mol. The van der Waals surface area contributed by atoms with Crippen LogP contribution in [0.15, 0.2) is 42.0 Å². The van der Waals surface area contributed by atoms with Gasteiger partial charge in [0.25, 0.3) is 0 Å². The molecule has 1 atom stereocenters. The lowest BCUT2D eigenvalue weighted by molar-refractivity contribution is 0.348. The average molecular weight is 272 g/mol. The molecule has 2 N–H and O–H groups in total. The summed E-state index contributed by atoms with van der Waals surface area (Å²) in [6.45, 7) is 0. The molecule has 1 aliphatic rings. The van der Waals surface area contributed by atoms with E-state index in [9.17, 15) is 0 Å². The molecule has 100 valence electrons. The molecule has 1 aromatic heterocycles. The molecular weight excluding hydrogens is 252 g/mol. The summed E-state index contributed by atoms with van der Waals surface area (Å²) in [7, 11) is 0. The molecule has 0 spiro atoms. The first kappa shape index (κ1) is 12.8. The summed E-state index contributed by atoms with van der Waals surface area (Å²) in [4.78, 5) is 5.46. The van der Waals surface area contributed by atoms with E-state index in [1.165, 1.54) is 36.1 Å². The molecule has 0 radical (unpaired) electrons. The first-order chi connectivity index (χ1) is 9.31. The van der Waals surface area contributed by atoms with Crippen LogP contribution in [-0.4, -0.2) is 11.0 Å². The minimum Gasteiger partial charge on any atom is -0.327 e. The van der Waals surface area contributed by atoms with E-state index in [4.69, 9.17) is 5.73 Å². The van der Waals surface area contributed by atoms with Crippen molar-refractivity contribution in [3.8, 4) is 0 Å². The quantitative estimate of drug-likeness (QED) is 0.925. The van der Waals surface area contributed by atoms with Crippen LogP contribution in [0.1, 0.15) is 36.1 Å². The second-order valence-electron chi connectivity index (χ2n) is 5.51. The van der Waals surface area contributed by atoms with Crippen molar-refractivity contribution in [3.05, 3.63) is 52.5 Å². The molecule has 0 aliphatic heterocycles. The molecule has 3 heteroatoms. The average Bonchev–Trinajstić information content (AvgIpc) is 3.11. The number of aromatic nitrogens is 1. The summed E-state index contributed by atoms with van der Waals surface area (Å²) in [5.41, 5.74) is 10.1. The smallest absolute Gasteiger partial charge is 0.0794 e. The Kier molecular flexibility index (Phi) is 3.67. The van der Waals surface area contributed by atoms with Crippen molar-refractivity contribution in [1.29, 1.82) is 0 Å². The Morgan fingerprint density at radius 3 is 2.58 bits per heavy atom. The van der Waals surface area contributed by atoms with Crippen molar-refractivity contribution >= 4 is 11.3 Å². The lowest BCUT2D eigenvalue weighted by atomic mass is 9.72. The molecule has 1 unspecified atom stereocenters. The van der Waals surface area contributed by atoms with Crippen molar-refractivity contribution in [2.45, 2.75) is 43.6 Å². The minimum absolute atomic E-state index is 0.172. The molecule has 19 heavy (non-hydrogen) atoms. The van der Waals surface area contributed by atoms with Crippen molar-refractivity contribution in [1.82, 2.24) is 4.98 Å². The summed E-state index contributed by atoms with van der Waals surface area (Å²) >= 11 is 1.71. The van der Waals surface area contributed by atoms with Crippen molar-refractivity contribution in [2.24, 2.45) is 5.73 Å². The van der Waals surface area contributed by atoms with Gasteiger partial charge in [0.05, 0.1) is 5.51 Å². The van der Waals surface area contributed by atoms with Gasteiger partial charge in [-0.25, -0.2) is 0 Å². The topological polar surface area (TPSA) is 38.9 Å². The molecule has 1 aliphatic carbocycles. The fourth-order valence-corrected chi connectivity index (χ4v) is 4.06. The number of rotatable bonds is 4. The third-order valence-corrected chi connectivity index (χ3v) is 5.26. The molecule has 0 saturated heterocycles. The second-order valence-corrected chi connectivity index (χ2v) is 6.48. The maximum absolute atomic E-state index is 6.62. The highest BCUT2D eigenvalue weighted by Crippen LogP contribution is 2.44. The standard InChI is InChI=1S/C16H20N2S/c17-15(10-14-11-18-12-19-14)16(8-4-5-9-16)13-6-2-1-3-7-13/h1-3,6-7,11-12,15H,4-5,8-10,17H2. The highest BCUT2D eigenvalue weighted by Gasteiger charge is 2.40. The molecule has 2 nitrogen and oxygen atoms in total. The van der Waals surface area contributed by atoms with Gasteiger partial charge in [0.2, 0.25) is 0 Å². The van der Waals surface area contributed by atoms with Gasteiger partial charge in [0.1, 0.15) is 0 Å². The van der Waals surface area contributed by atoms with E-state index in [0.717, 1.165) is 6.42 Å². The highest BCUT2D eigenvalue weighted by atomic mass is 32.1. The predicted molar refractivity (Wildman–Crippen MR) is 80.4 cm³/mol. The van der Waals surface area contributed by atoms with Crippen molar-refractivity contribution in [2.75, 3.05) is 0 Å². The first-order valence-corrected chi connectivity index (χ1v) is 7.88. The van der Waals surface area contributed by atoms with Gasteiger partial charge >= 0.3 is 0 Å². The minimum atomic E-state index is 0.172. The van der Waals surface area contributed by atoms with E-state index >= 15 is 0 Å². The number of thiazole rings is 1. The van der Waals surface area contributed by atoms with E-state index < -0.39 is 0 Å². The third-order valence-electron chi connectivity index (χ3n) is 4.46. The molecule has 1 saturated carbocycles. The van der Waals surface area contributed by atoms with Crippen molar-refractivity contribution < 1.29 is 0 Å². The lowest BCUT2D eigenvalue weighted by Crippen LogP contribution is -2.44. The SMILES string of the molecule is NC(Cc1cncs1)C1(c2ccccc2)CCCC1. The van der Waals surface area contributed by atoms with Crippen molar-refractivity contribution in [3.63, 3.8) is 0 Å². The molecule has 2 aromatic rings. The Bertz CT molecular complexity index is 501. The maximum atomic E-state index is 6.62. The van der Waals surface area contributed by atoms with Crippen LogP contribution in [0.2, 0.25) is 0 Å². The van der Waals surface area contributed by atoms with E-state index in [1.54, 1.807) is 11.3 Å². The van der Waals surface area contributed by atoms with Crippen LogP contribution in [0.4, 0.5) is 0 Å². The third kappa shape index (κ3) is 2.45. The van der Waals surface area contributed by atoms with Crippen LogP contribution in [0.3, 0.4) is 0 Å². The fraction of sp³-hybridized carbons (Fsp3) is 0.438. The molecule has 1 fully saturated rings. The van der Waals surface area contributed by atoms with Gasteiger partial charge in [-0.15, -0.1) is 11.3 Å². The Labute approximate surface area is 118 Å². The van der Waals surface area contributed by atoms with Gasteiger partial charge in [-0.2, -0.15) is 0 Å². The molecule has 0 bridgehead atoms. The fourth-order valence-electron chi connectivity index (χ4n) is 3.40. The van der Waals surface area contributed by atoms with Gasteiger partial charge in [-0.05, 0) is 24.8 Å². The number of benzene rings is 1. The number of nitrogens with two attached hydrogens (primary N) is 1. The summed E-state index contributed by atoms with van der Waals surface area (Å²) in [6.07, 6.45) is 7.93. The Balaban J connectivity index is 1.88. The van der Waals surface area contributed by atoms with E-state index in [-0.39, 0.29) is 11.5 Å². The lowest BCUT2D eigenvalue weighted by Gasteiger charge is -2.36. The normalized spacial score (nSPS) is 19.4. The van der Waals surface area contributed by atoms with Gasteiger partial charge in [-0.1, -0.05) is 43.2 Å².